The molecule has 0 aliphatic rings. The van der Waals surface area contributed by atoms with E-state index in [0.29, 0.717) is 5.75 Å². The molecule has 22 heavy (non-hydrogen) atoms. The summed E-state index contributed by atoms with van der Waals surface area (Å²) in [4.78, 5) is 0. The van der Waals surface area contributed by atoms with Gasteiger partial charge in [-0.1, -0.05) is 76.6 Å². The van der Waals surface area contributed by atoms with Crippen LogP contribution in [-0.4, -0.2) is 5.11 Å². The zero-order chi connectivity index (χ0) is 15.1. The fourth-order valence-electron chi connectivity index (χ4n) is 3.05. The van der Waals surface area contributed by atoms with Gasteiger partial charge in [-0.2, -0.15) is 0 Å². The molecule has 0 saturated heterocycles. The first-order valence-electron chi connectivity index (χ1n) is 7.14. The van der Waals surface area contributed by atoms with Gasteiger partial charge >= 0.3 is 0 Å². The van der Waals surface area contributed by atoms with Crippen molar-refractivity contribution in [1.82, 2.24) is 0 Å². The molecule has 0 aromatic heterocycles. The number of hydrogen-bond acceptors (Lipinski definition) is 1. The lowest BCUT2D eigenvalue weighted by Gasteiger charge is -2.13. The van der Waals surface area contributed by atoms with Gasteiger partial charge in [0.1, 0.15) is 5.75 Å². The van der Waals surface area contributed by atoms with E-state index < -0.39 is 0 Å². The monoisotopic (exact) mass is 348 g/mol. The Bertz CT molecular complexity index is 1000. The van der Waals surface area contributed by atoms with Crippen molar-refractivity contribution in [2.24, 2.45) is 0 Å². The van der Waals surface area contributed by atoms with Crippen LogP contribution in [-0.2, 0) is 0 Å². The second kappa shape index (κ2) is 5.15. The summed E-state index contributed by atoms with van der Waals surface area (Å²) in [5.74, 6) is 0.307. The molecule has 0 amide bonds. The van der Waals surface area contributed by atoms with Gasteiger partial charge < -0.3 is 5.11 Å². The Hall–Kier alpha value is -2.32. The largest absolute Gasteiger partial charge is 0.507 e. The molecule has 0 unspecified atom stereocenters. The quantitative estimate of drug-likeness (QED) is 0.438. The van der Waals surface area contributed by atoms with Crippen molar-refractivity contribution in [3.8, 4) is 16.9 Å². The van der Waals surface area contributed by atoms with Gasteiger partial charge in [0.05, 0.1) is 0 Å². The van der Waals surface area contributed by atoms with Crippen LogP contribution in [0.2, 0.25) is 0 Å². The van der Waals surface area contributed by atoms with E-state index in [0.717, 1.165) is 37.1 Å². The molecule has 0 bridgehead atoms. The number of phenols is 1. The Kier molecular flexibility index (Phi) is 3.12. The highest BCUT2D eigenvalue weighted by Crippen LogP contribution is 2.41. The number of rotatable bonds is 1. The van der Waals surface area contributed by atoms with Gasteiger partial charge in [-0.15, -0.1) is 0 Å². The molecule has 4 aromatic rings. The molecule has 106 valence electrons. The molecule has 0 saturated carbocycles. The van der Waals surface area contributed by atoms with Crippen LogP contribution in [0.3, 0.4) is 0 Å². The summed E-state index contributed by atoms with van der Waals surface area (Å²) in [5, 5.41) is 15.0. The molecule has 1 N–H and O–H groups in total. The SMILES string of the molecule is Oc1ccc2ccccc2c1-c1cccc2cccc(Br)c12. The van der Waals surface area contributed by atoms with E-state index in [9.17, 15) is 5.11 Å². The summed E-state index contributed by atoms with van der Waals surface area (Å²) in [7, 11) is 0. The normalized spacial score (nSPS) is 11.1. The molecule has 0 atom stereocenters. The average molecular weight is 349 g/mol. The van der Waals surface area contributed by atoms with Gasteiger partial charge in [-0.05, 0) is 33.9 Å². The molecule has 0 heterocycles. The van der Waals surface area contributed by atoms with Gasteiger partial charge in [-0.25, -0.2) is 0 Å². The van der Waals surface area contributed by atoms with E-state index in [-0.39, 0.29) is 0 Å². The first kappa shape index (κ1) is 13.4. The molecule has 0 spiro atoms. The lowest BCUT2D eigenvalue weighted by molar-refractivity contribution is 0.478. The molecule has 0 fully saturated rings. The maximum Gasteiger partial charge on any atom is 0.124 e. The maximum absolute atomic E-state index is 10.5. The minimum absolute atomic E-state index is 0.307. The van der Waals surface area contributed by atoms with Crippen LogP contribution in [0.25, 0.3) is 32.7 Å². The molecule has 4 rings (SSSR count). The number of aromatic hydroxyl groups is 1. The molecule has 4 aromatic carbocycles. The summed E-state index contributed by atoms with van der Waals surface area (Å²) < 4.78 is 1.04. The van der Waals surface area contributed by atoms with Gasteiger partial charge in [-0.3, -0.25) is 0 Å². The predicted octanol–water partition coefficient (Wildman–Crippen LogP) is 6.13. The van der Waals surface area contributed by atoms with Crippen LogP contribution in [0.5, 0.6) is 5.75 Å². The van der Waals surface area contributed by atoms with Gasteiger partial charge in [0, 0.05) is 15.4 Å². The Labute approximate surface area is 137 Å². The fourth-order valence-corrected chi connectivity index (χ4v) is 3.64. The van der Waals surface area contributed by atoms with Gasteiger partial charge in [0.25, 0.3) is 0 Å². The molecular weight excluding hydrogens is 336 g/mol. The van der Waals surface area contributed by atoms with Gasteiger partial charge in [0.2, 0.25) is 0 Å². The van der Waals surface area contributed by atoms with Gasteiger partial charge in [0.15, 0.2) is 0 Å². The van der Waals surface area contributed by atoms with Crippen molar-refractivity contribution >= 4 is 37.5 Å². The third-order valence-corrected chi connectivity index (χ3v) is 4.69. The first-order valence-corrected chi connectivity index (χ1v) is 7.93. The summed E-state index contributed by atoms with van der Waals surface area (Å²) in [5.41, 5.74) is 1.93. The van der Waals surface area contributed by atoms with E-state index >= 15 is 0 Å². The predicted molar refractivity (Wildman–Crippen MR) is 96.3 cm³/mol. The summed E-state index contributed by atoms with van der Waals surface area (Å²) in [6, 6.07) is 24.2. The Balaban J connectivity index is 2.19. The number of halogens is 1. The van der Waals surface area contributed by atoms with Crippen molar-refractivity contribution in [3.05, 3.63) is 77.3 Å². The molecular formula is C20H13BrO. The Morgan fingerprint density at radius 2 is 1.41 bits per heavy atom. The van der Waals surface area contributed by atoms with Crippen LogP contribution >= 0.6 is 15.9 Å². The van der Waals surface area contributed by atoms with E-state index in [1.165, 1.54) is 0 Å². The third-order valence-electron chi connectivity index (χ3n) is 4.03. The topological polar surface area (TPSA) is 20.2 Å². The Morgan fingerprint density at radius 1 is 0.682 bits per heavy atom. The maximum atomic E-state index is 10.5. The van der Waals surface area contributed by atoms with Crippen molar-refractivity contribution in [1.29, 1.82) is 0 Å². The number of hydrogen-bond donors (Lipinski definition) is 1. The van der Waals surface area contributed by atoms with Crippen LogP contribution in [0.15, 0.2) is 77.3 Å². The highest BCUT2D eigenvalue weighted by Gasteiger charge is 2.13. The standard InChI is InChI=1S/C20H13BrO/c21-17-10-4-7-14-6-3-9-16(19(14)17)20-15-8-2-1-5-13(15)11-12-18(20)22/h1-12,22H. The average Bonchev–Trinajstić information content (AvgIpc) is 2.55. The molecule has 0 radical (unpaired) electrons. The van der Waals surface area contributed by atoms with Crippen molar-refractivity contribution < 1.29 is 5.11 Å². The number of fused-ring (bicyclic) bond motifs is 2. The molecule has 0 aliphatic carbocycles. The molecule has 1 nitrogen and oxygen atoms in total. The number of benzene rings is 4. The van der Waals surface area contributed by atoms with E-state index in [4.69, 9.17) is 0 Å². The first-order chi connectivity index (χ1) is 10.8. The van der Waals surface area contributed by atoms with Crippen molar-refractivity contribution in [2.75, 3.05) is 0 Å². The van der Waals surface area contributed by atoms with Crippen molar-refractivity contribution in [2.45, 2.75) is 0 Å². The van der Waals surface area contributed by atoms with Crippen molar-refractivity contribution in [3.63, 3.8) is 0 Å². The molecule has 2 heteroatoms. The summed E-state index contributed by atoms with van der Waals surface area (Å²) in [6.07, 6.45) is 0. The zero-order valence-electron chi connectivity index (χ0n) is 11.8. The number of phenolic OH excluding ortho intramolecular Hbond substituents is 1. The summed E-state index contributed by atoms with van der Waals surface area (Å²) in [6.45, 7) is 0. The third kappa shape index (κ3) is 1.99. The Morgan fingerprint density at radius 3 is 2.27 bits per heavy atom. The minimum Gasteiger partial charge on any atom is -0.507 e. The highest BCUT2D eigenvalue weighted by molar-refractivity contribution is 9.10. The zero-order valence-corrected chi connectivity index (χ0v) is 13.3. The molecule has 0 aliphatic heterocycles. The highest BCUT2D eigenvalue weighted by atomic mass is 79.9. The second-order valence-corrected chi connectivity index (χ2v) is 6.18. The minimum atomic E-state index is 0.307. The lowest BCUT2D eigenvalue weighted by atomic mass is 9.93. The van der Waals surface area contributed by atoms with E-state index in [1.54, 1.807) is 6.07 Å². The second-order valence-electron chi connectivity index (χ2n) is 5.32. The lowest BCUT2D eigenvalue weighted by Crippen LogP contribution is -1.86. The fraction of sp³-hybridized carbons (Fsp3) is 0. The van der Waals surface area contributed by atoms with Crippen LogP contribution in [0, 0.1) is 0 Å². The van der Waals surface area contributed by atoms with Crippen LogP contribution in [0.1, 0.15) is 0 Å². The van der Waals surface area contributed by atoms with E-state index in [1.807, 2.05) is 36.4 Å². The van der Waals surface area contributed by atoms with Crippen LogP contribution in [0.4, 0.5) is 0 Å². The van der Waals surface area contributed by atoms with Crippen LogP contribution < -0.4 is 0 Å². The van der Waals surface area contributed by atoms with E-state index in [2.05, 4.69) is 46.3 Å². The summed E-state index contributed by atoms with van der Waals surface area (Å²) >= 11 is 3.65. The smallest absolute Gasteiger partial charge is 0.124 e.